The van der Waals surface area contributed by atoms with Gasteiger partial charge in [-0.25, -0.2) is 8.42 Å². The Hall–Kier alpha value is -3.76. The van der Waals surface area contributed by atoms with E-state index < -0.39 is 22.0 Å². The number of methoxy groups -OCH3 is 4. The predicted molar refractivity (Wildman–Crippen MR) is 132 cm³/mol. The molecule has 35 heavy (non-hydrogen) atoms. The summed E-state index contributed by atoms with van der Waals surface area (Å²) >= 11 is 0. The number of hydrogen-bond donors (Lipinski definition) is 2. The highest BCUT2D eigenvalue weighted by atomic mass is 32.2. The number of hydrogen-bond acceptors (Lipinski definition) is 7. The van der Waals surface area contributed by atoms with Crippen LogP contribution in [0.3, 0.4) is 0 Å². The summed E-state index contributed by atoms with van der Waals surface area (Å²) in [6, 6.07) is 17.1. The van der Waals surface area contributed by atoms with Crippen LogP contribution in [0.15, 0.2) is 71.6 Å². The average molecular weight is 501 g/mol. The molecule has 0 bridgehead atoms. The smallest absolute Gasteiger partial charge is 0.242 e. The van der Waals surface area contributed by atoms with Crippen molar-refractivity contribution in [2.75, 3.05) is 33.8 Å². The minimum Gasteiger partial charge on any atom is -0.493 e. The van der Waals surface area contributed by atoms with Gasteiger partial charge in [0.15, 0.2) is 23.0 Å². The number of carbonyl (C=O) groups is 1. The van der Waals surface area contributed by atoms with Gasteiger partial charge in [-0.2, -0.15) is 4.72 Å². The molecule has 1 atom stereocenters. The fourth-order valence-electron chi connectivity index (χ4n) is 3.42. The summed E-state index contributed by atoms with van der Waals surface area (Å²) in [6.45, 7) is 0. The summed E-state index contributed by atoms with van der Waals surface area (Å²) in [5.74, 6) is 1.03. The minimum atomic E-state index is -4.09. The molecule has 0 radical (unpaired) electrons. The van der Waals surface area contributed by atoms with E-state index in [1.54, 1.807) is 18.2 Å². The summed E-state index contributed by atoms with van der Waals surface area (Å²) in [5, 5.41) is 2.76. The van der Waals surface area contributed by atoms with Crippen LogP contribution in [0.2, 0.25) is 0 Å². The number of anilines is 1. The standard InChI is InChI=1S/C25H28N2O7S/c1-31-21-12-10-18(15-23(21)33-3)26-25(28)20(14-17-8-6-5-7-9-17)27-35(29,30)19-11-13-22(32-2)24(16-19)34-4/h5-13,15-16,20,27H,14H2,1-4H3,(H,26,28). The molecular weight excluding hydrogens is 472 g/mol. The van der Waals surface area contributed by atoms with E-state index in [-0.39, 0.29) is 17.1 Å². The maximum Gasteiger partial charge on any atom is 0.242 e. The van der Waals surface area contributed by atoms with E-state index in [2.05, 4.69) is 10.0 Å². The van der Waals surface area contributed by atoms with Gasteiger partial charge in [0.25, 0.3) is 0 Å². The molecule has 0 fully saturated rings. The van der Waals surface area contributed by atoms with E-state index in [0.29, 0.717) is 22.9 Å². The van der Waals surface area contributed by atoms with Crippen molar-refractivity contribution in [3.8, 4) is 23.0 Å². The van der Waals surface area contributed by atoms with Crippen LogP contribution in [-0.4, -0.2) is 48.8 Å². The van der Waals surface area contributed by atoms with Crippen molar-refractivity contribution in [3.05, 3.63) is 72.3 Å². The van der Waals surface area contributed by atoms with Gasteiger partial charge >= 0.3 is 0 Å². The Morgan fingerprint density at radius 2 is 1.34 bits per heavy atom. The van der Waals surface area contributed by atoms with E-state index in [0.717, 1.165) is 5.56 Å². The van der Waals surface area contributed by atoms with Crippen molar-refractivity contribution < 1.29 is 32.2 Å². The SMILES string of the molecule is COc1ccc(NC(=O)C(Cc2ccccc2)NS(=O)(=O)c2ccc(OC)c(OC)c2)cc1OC. The summed E-state index contributed by atoms with van der Waals surface area (Å²) < 4.78 is 49.9. The predicted octanol–water partition coefficient (Wildman–Crippen LogP) is 3.25. The molecule has 186 valence electrons. The lowest BCUT2D eigenvalue weighted by molar-refractivity contribution is -0.117. The van der Waals surface area contributed by atoms with E-state index in [4.69, 9.17) is 18.9 Å². The highest BCUT2D eigenvalue weighted by molar-refractivity contribution is 7.89. The van der Waals surface area contributed by atoms with Crippen molar-refractivity contribution in [3.63, 3.8) is 0 Å². The Balaban J connectivity index is 1.90. The average Bonchev–Trinajstić information content (AvgIpc) is 2.88. The molecular formula is C25H28N2O7S. The molecule has 0 aromatic heterocycles. The second-order valence-electron chi connectivity index (χ2n) is 7.44. The van der Waals surface area contributed by atoms with Crippen LogP contribution in [0.25, 0.3) is 0 Å². The van der Waals surface area contributed by atoms with Crippen LogP contribution >= 0.6 is 0 Å². The summed E-state index contributed by atoms with van der Waals surface area (Å²) in [5.41, 5.74) is 1.21. The lowest BCUT2D eigenvalue weighted by Crippen LogP contribution is -2.45. The zero-order valence-electron chi connectivity index (χ0n) is 19.9. The van der Waals surface area contributed by atoms with Gasteiger partial charge in [-0.1, -0.05) is 30.3 Å². The van der Waals surface area contributed by atoms with Crippen molar-refractivity contribution in [2.45, 2.75) is 17.4 Å². The van der Waals surface area contributed by atoms with E-state index in [1.807, 2.05) is 30.3 Å². The van der Waals surface area contributed by atoms with Crippen molar-refractivity contribution >= 4 is 21.6 Å². The second kappa shape index (κ2) is 11.6. The quantitative estimate of drug-likeness (QED) is 0.416. The fraction of sp³-hybridized carbons (Fsp3) is 0.240. The van der Waals surface area contributed by atoms with Gasteiger partial charge in [0, 0.05) is 17.8 Å². The molecule has 1 amide bonds. The van der Waals surface area contributed by atoms with Crippen molar-refractivity contribution in [1.29, 1.82) is 0 Å². The Kier molecular flexibility index (Phi) is 8.56. The van der Waals surface area contributed by atoms with Crippen LogP contribution < -0.4 is 29.0 Å². The van der Waals surface area contributed by atoms with Gasteiger partial charge in [0.1, 0.15) is 6.04 Å². The Labute approximate surface area is 205 Å². The van der Waals surface area contributed by atoms with E-state index in [1.165, 1.54) is 46.6 Å². The molecule has 0 aliphatic rings. The highest BCUT2D eigenvalue weighted by Crippen LogP contribution is 2.31. The van der Waals surface area contributed by atoms with Crippen LogP contribution in [0, 0.1) is 0 Å². The maximum absolute atomic E-state index is 13.2. The third kappa shape index (κ3) is 6.43. The maximum atomic E-state index is 13.2. The molecule has 0 saturated heterocycles. The van der Waals surface area contributed by atoms with Crippen molar-refractivity contribution in [1.82, 2.24) is 4.72 Å². The summed E-state index contributed by atoms with van der Waals surface area (Å²) in [4.78, 5) is 13.2. The highest BCUT2D eigenvalue weighted by Gasteiger charge is 2.27. The van der Waals surface area contributed by atoms with Crippen LogP contribution in [0.1, 0.15) is 5.56 Å². The third-order valence-electron chi connectivity index (χ3n) is 5.21. The zero-order chi connectivity index (χ0) is 25.4. The van der Waals surface area contributed by atoms with Gasteiger partial charge in [0.05, 0.1) is 33.3 Å². The number of nitrogens with one attached hydrogen (secondary N) is 2. The van der Waals surface area contributed by atoms with Gasteiger partial charge in [-0.15, -0.1) is 0 Å². The number of amides is 1. The van der Waals surface area contributed by atoms with Gasteiger partial charge < -0.3 is 24.3 Å². The Morgan fingerprint density at radius 1 is 0.771 bits per heavy atom. The minimum absolute atomic E-state index is 0.0628. The first-order chi connectivity index (χ1) is 16.8. The molecule has 0 aliphatic carbocycles. The van der Waals surface area contributed by atoms with Gasteiger partial charge in [-0.3, -0.25) is 4.79 Å². The molecule has 3 aromatic carbocycles. The molecule has 0 heterocycles. The van der Waals surface area contributed by atoms with Gasteiger partial charge in [-0.05, 0) is 36.2 Å². The monoisotopic (exact) mass is 500 g/mol. The Bertz CT molecular complexity index is 1260. The molecule has 3 aromatic rings. The third-order valence-corrected chi connectivity index (χ3v) is 6.68. The van der Waals surface area contributed by atoms with E-state index >= 15 is 0 Å². The molecule has 10 heteroatoms. The Morgan fingerprint density at radius 3 is 1.94 bits per heavy atom. The van der Waals surface area contributed by atoms with E-state index in [9.17, 15) is 13.2 Å². The number of benzene rings is 3. The molecule has 0 aliphatic heterocycles. The fourth-order valence-corrected chi connectivity index (χ4v) is 4.63. The van der Waals surface area contributed by atoms with Gasteiger partial charge in [0.2, 0.25) is 15.9 Å². The first-order valence-electron chi connectivity index (χ1n) is 10.6. The number of carbonyl (C=O) groups excluding carboxylic acids is 1. The first kappa shape index (κ1) is 25.9. The molecule has 0 saturated carbocycles. The number of rotatable bonds is 11. The first-order valence-corrected chi connectivity index (χ1v) is 12.1. The molecule has 1 unspecified atom stereocenters. The number of ether oxygens (including phenoxy) is 4. The largest absolute Gasteiger partial charge is 0.493 e. The summed E-state index contributed by atoms with van der Waals surface area (Å²) in [6.07, 6.45) is 0.131. The van der Waals surface area contributed by atoms with Crippen LogP contribution in [-0.2, 0) is 21.2 Å². The molecule has 9 nitrogen and oxygen atoms in total. The normalized spacial score (nSPS) is 11.9. The lowest BCUT2D eigenvalue weighted by atomic mass is 10.1. The molecule has 3 rings (SSSR count). The van der Waals surface area contributed by atoms with Crippen LogP contribution in [0.4, 0.5) is 5.69 Å². The van der Waals surface area contributed by atoms with Crippen molar-refractivity contribution in [2.24, 2.45) is 0 Å². The molecule has 2 N–H and O–H groups in total. The molecule has 0 spiro atoms. The number of sulfonamides is 1. The topological polar surface area (TPSA) is 112 Å². The lowest BCUT2D eigenvalue weighted by Gasteiger charge is -2.20. The second-order valence-corrected chi connectivity index (χ2v) is 9.15. The summed E-state index contributed by atoms with van der Waals surface area (Å²) in [7, 11) is 1.78. The van der Waals surface area contributed by atoms with Crippen LogP contribution in [0.5, 0.6) is 23.0 Å². The zero-order valence-corrected chi connectivity index (χ0v) is 20.7.